The predicted octanol–water partition coefficient (Wildman–Crippen LogP) is 4.61. The third kappa shape index (κ3) is 5.80. The third-order valence-electron chi connectivity index (χ3n) is 4.33. The Morgan fingerprint density at radius 1 is 1.06 bits per heavy atom. The number of hydrogen-bond acceptors (Lipinski definition) is 6. The zero-order chi connectivity index (χ0) is 22.4. The maximum Gasteiger partial charge on any atom is 0.365 e. The van der Waals surface area contributed by atoms with Crippen LogP contribution in [0.3, 0.4) is 0 Å². The number of oxime groups is 1. The molecule has 0 bridgehead atoms. The van der Waals surface area contributed by atoms with Gasteiger partial charge in [0.25, 0.3) is 5.69 Å². The Labute approximate surface area is 183 Å². The lowest BCUT2D eigenvalue weighted by atomic mass is 10.1. The van der Waals surface area contributed by atoms with Gasteiger partial charge in [0, 0.05) is 22.7 Å². The van der Waals surface area contributed by atoms with E-state index in [1.165, 1.54) is 24.3 Å². The fourth-order valence-electron chi connectivity index (χ4n) is 2.56. The molecule has 3 aromatic carbocycles. The van der Waals surface area contributed by atoms with Crippen LogP contribution >= 0.6 is 11.6 Å². The van der Waals surface area contributed by atoms with E-state index in [0.29, 0.717) is 22.9 Å². The van der Waals surface area contributed by atoms with Gasteiger partial charge >= 0.3 is 5.97 Å². The predicted molar refractivity (Wildman–Crippen MR) is 116 cm³/mol. The molecule has 8 nitrogen and oxygen atoms in total. The summed E-state index contributed by atoms with van der Waals surface area (Å²) in [5.41, 5.74) is 8.14. The Bertz CT molecular complexity index is 1130. The van der Waals surface area contributed by atoms with Gasteiger partial charge in [-0.2, -0.15) is 0 Å². The maximum absolute atomic E-state index is 12.2. The van der Waals surface area contributed by atoms with Gasteiger partial charge in [-0.1, -0.05) is 28.9 Å². The van der Waals surface area contributed by atoms with E-state index in [2.05, 4.69) is 5.16 Å². The number of aryl methyl sites for hydroxylation is 1. The van der Waals surface area contributed by atoms with E-state index in [1.807, 2.05) is 13.0 Å². The number of rotatable bonds is 7. The lowest BCUT2D eigenvalue weighted by molar-refractivity contribution is -0.384. The van der Waals surface area contributed by atoms with Crippen molar-refractivity contribution in [3.05, 3.63) is 104 Å². The average molecular weight is 440 g/mol. The van der Waals surface area contributed by atoms with Crippen molar-refractivity contribution in [1.82, 2.24) is 0 Å². The Hall–Kier alpha value is -3.91. The number of hydrogen-bond donors (Lipinski definition) is 1. The molecule has 0 aliphatic rings. The van der Waals surface area contributed by atoms with Crippen LogP contribution in [0, 0.1) is 17.0 Å². The molecule has 9 heteroatoms. The molecule has 0 saturated carbocycles. The van der Waals surface area contributed by atoms with E-state index in [0.717, 1.165) is 11.1 Å². The lowest BCUT2D eigenvalue weighted by Gasteiger charge is -2.08. The van der Waals surface area contributed by atoms with Crippen molar-refractivity contribution in [2.45, 2.75) is 13.5 Å². The summed E-state index contributed by atoms with van der Waals surface area (Å²) in [5.74, 6) is -0.0707. The Balaban J connectivity index is 1.57. The van der Waals surface area contributed by atoms with E-state index < -0.39 is 10.9 Å². The van der Waals surface area contributed by atoms with Gasteiger partial charge in [-0.3, -0.25) is 10.1 Å². The first-order chi connectivity index (χ1) is 14.8. The number of benzene rings is 3. The molecular formula is C22H18ClN3O5. The molecule has 0 heterocycles. The van der Waals surface area contributed by atoms with Gasteiger partial charge < -0.3 is 15.3 Å². The summed E-state index contributed by atoms with van der Waals surface area (Å²) < 4.78 is 5.72. The highest BCUT2D eigenvalue weighted by molar-refractivity contribution is 6.31. The van der Waals surface area contributed by atoms with E-state index >= 15 is 0 Å². The summed E-state index contributed by atoms with van der Waals surface area (Å²) in [6, 6.07) is 17.5. The maximum atomic E-state index is 12.2. The molecule has 0 aliphatic heterocycles. The highest BCUT2D eigenvalue weighted by Gasteiger charge is 2.10. The quantitative estimate of drug-likeness (QED) is 0.189. The van der Waals surface area contributed by atoms with Crippen molar-refractivity contribution < 1.29 is 19.3 Å². The van der Waals surface area contributed by atoms with Gasteiger partial charge in [-0.15, -0.1) is 0 Å². The average Bonchev–Trinajstić information content (AvgIpc) is 2.78. The van der Waals surface area contributed by atoms with Gasteiger partial charge in [-0.25, -0.2) is 4.79 Å². The normalized spacial score (nSPS) is 11.1. The molecule has 0 radical (unpaired) electrons. The number of halogens is 1. The number of carbonyl (C=O) groups excluding carboxylic acids is 1. The van der Waals surface area contributed by atoms with E-state index in [4.69, 9.17) is 26.9 Å². The Kier molecular flexibility index (Phi) is 6.84. The van der Waals surface area contributed by atoms with Gasteiger partial charge in [0.2, 0.25) is 0 Å². The fraction of sp³-hybridized carbons (Fsp3) is 0.0909. The second-order valence-electron chi connectivity index (χ2n) is 6.56. The van der Waals surface area contributed by atoms with Crippen LogP contribution in [0.2, 0.25) is 5.02 Å². The van der Waals surface area contributed by atoms with Crippen molar-refractivity contribution in [2.24, 2.45) is 10.9 Å². The van der Waals surface area contributed by atoms with Gasteiger partial charge in [0.05, 0.1) is 10.5 Å². The van der Waals surface area contributed by atoms with Crippen LogP contribution in [0.1, 0.15) is 27.0 Å². The van der Waals surface area contributed by atoms with Gasteiger partial charge in [0.15, 0.2) is 5.84 Å². The molecule has 31 heavy (non-hydrogen) atoms. The molecule has 0 fully saturated rings. The van der Waals surface area contributed by atoms with Gasteiger partial charge in [0.1, 0.15) is 12.4 Å². The number of carbonyl (C=O) groups is 1. The molecule has 0 amide bonds. The molecule has 158 valence electrons. The summed E-state index contributed by atoms with van der Waals surface area (Å²) in [5, 5.41) is 15.0. The van der Waals surface area contributed by atoms with E-state index in [-0.39, 0.29) is 17.1 Å². The number of nitrogens with zero attached hydrogens (tertiary/aromatic N) is 2. The van der Waals surface area contributed by atoms with Crippen molar-refractivity contribution in [3.8, 4) is 5.75 Å². The standard InChI is InChI=1S/C22H18ClN3O5/c1-14-12-19(10-11-20(14)23)30-13-15-2-4-17(5-3-15)22(27)31-25-21(24)16-6-8-18(9-7-16)26(28)29/h2-12H,13H2,1H3,(H2,24,25). The number of nitro benzene ring substituents is 1. The number of non-ortho nitro benzene ring substituents is 1. The molecule has 3 rings (SSSR count). The van der Waals surface area contributed by atoms with E-state index in [1.54, 1.807) is 36.4 Å². The van der Waals surface area contributed by atoms with Crippen LogP contribution in [0.15, 0.2) is 71.9 Å². The molecule has 0 spiro atoms. The van der Waals surface area contributed by atoms with Crippen molar-refractivity contribution in [2.75, 3.05) is 0 Å². The number of nitro groups is 1. The Morgan fingerprint density at radius 3 is 2.32 bits per heavy atom. The van der Waals surface area contributed by atoms with Crippen molar-refractivity contribution in [3.63, 3.8) is 0 Å². The minimum atomic E-state index is -0.689. The molecular weight excluding hydrogens is 422 g/mol. The van der Waals surface area contributed by atoms with Crippen molar-refractivity contribution in [1.29, 1.82) is 0 Å². The van der Waals surface area contributed by atoms with Crippen LogP contribution in [0.5, 0.6) is 5.75 Å². The van der Waals surface area contributed by atoms with Gasteiger partial charge in [-0.05, 0) is 60.5 Å². The smallest absolute Gasteiger partial charge is 0.365 e. The lowest BCUT2D eigenvalue weighted by Crippen LogP contribution is -2.15. The monoisotopic (exact) mass is 439 g/mol. The third-order valence-corrected chi connectivity index (χ3v) is 4.75. The van der Waals surface area contributed by atoms with Crippen LogP contribution in [0.4, 0.5) is 5.69 Å². The summed E-state index contributed by atoms with van der Waals surface area (Å²) in [6.45, 7) is 2.22. The summed E-state index contributed by atoms with van der Waals surface area (Å²) >= 11 is 6.00. The highest BCUT2D eigenvalue weighted by atomic mass is 35.5. The van der Waals surface area contributed by atoms with E-state index in [9.17, 15) is 14.9 Å². The number of nitrogens with two attached hydrogens (primary N) is 1. The van der Waals surface area contributed by atoms with Crippen LogP contribution in [-0.4, -0.2) is 16.7 Å². The number of amidine groups is 1. The molecule has 0 saturated heterocycles. The van der Waals surface area contributed by atoms with Crippen LogP contribution in [-0.2, 0) is 11.4 Å². The largest absolute Gasteiger partial charge is 0.489 e. The minimum Gasteiger partial charge on any atom is -0.489 e. The second kappa shape index (κ2) is 9.73. The first-order valence-electron chi connectivity index (χ1n) is 9.11. The number of ether oxygens (including phenoxy) is 1. The summed E-state index contributed by atoms with van der Waals surface area (Å²) in [6.07, 6.45) is 0. The zero-order valence-electron chi connectivity index (χ0n) is 16.4. The first kappa shape index (κ1) is 21.8. The highest BCUT2D eigenvalue weighted by Crippen LogP contribution is 2.22. The summed E-state index contributed by atoms with van der Waals surface area (Å²) in [7, 11) is 0. The van der Waals surface area contributed by atoms with Crippen LogP contribution < -0.4 is 10.5 Å². The zero-order valence-corrected chi connectivity index (χ0v) is 17.2. The molecule has 0 aromatic heterocycles. The molecule has 0 aliphatic carbocycles. The fourth-order valence-corrected chi connectivity index (χ4v) is 2.68. The molecule has 0 unspecified atom stereocenters. The van der Waals surface area contributed by atoms with Crippen LogP contribution in [0.25, 0.3) is 0 Å². The first-order valence-corrected chi connectivity index (χ1v) is 9.49. The molecule has 2 N–H and O–H groups in total. The Morgan fingerprint density at radius 2 is 1.71 bits per heavy atom. The molecule has 0 atom stereocenters. The summed E-state index contributed by atoms with van der Waals surface area (Å²) in [4.78, 5) is 27.2. The molecule has 3 aromatic rings. The SMILES string of the molecule is Cc1cc(OCc2ccc(C(=O)O/N=C(\N)c3ccc([N+](=O)[O-])cc3)cc2)ccc1Cl. The second-order valence-corrected chi connectivity index (χ2v) is 6.96. The minimum absolute atomic E-state index is 0.0773. The van der Waals surface area contributed by atoms with Crippen molar-refractivity contribution >= 4 is 29.1 Å². The topological polar surface area (TPSA) is 117 Å².